The van der Waals surface area contributed by atoms with Crippen LogP contribution in [0.5, 0.6) is 0 Å². The van der Waals surface area contributed by atoms with Gasteiger partial charge in [0.2, 0.25) is 11.7 Å². The average molecular weight is 239 g/mol. The Kier molecular flexibility index (Phi) is 3.59. The minimum Gasteiger partial charge on any atom is -0.387 e. The van der Waals surface area contributed by atoms with E-state index in [4.69, 9.17) is 10.5 Å². The molecule has 1 amide bonds. The normalized spacial score (nSPS) is 46.5. The number of hydrogen-bond donors (Lipinski definition) is 5. The van der Waals surface area contributed by atoms with Gasteiger partial charge in [-0.1, -0.05) is 0 Å². The largest absolute Gasteiger partial charge is 0.387 e. The lowest BCUT2D eigenvalue weighted by Gasteiger charge is -2.44. The van der Waals surface area contributed by atoms with Gasteiger partial charge in [0, 0.05) is 7.11 Å². The monoisotopic (exact) mass is 239 g/mol. The van der Waals surface area contributed by atoms with Gasteiger partial charge in [0.05, 0.1) is 0 Å². The molecule has 7 nitrogen and oxygen atoms in total. The van der Waals surface area contributed by atoms with Crippen LogP contribution in [-0.4, -0.2) is 57.9 Å². The van der Waals surface area contributed by atoms with Crippen molar-refractivity contribution in [2.45, 2.75) is 29.5 Å². The Hall–Kier alpha value is -0.380. The van der Waals surface area contributed by atoms with Crippen LogP contribution in [0.3, 0.4) is 0 Å². The van der Waals surface area contributed by atoms with E-state index in [1.807, 2.05) is 0 Å². The molecule has 1 aliphatic rings. The van der Waals surface area contributed by atoms with E-state index in [1.165, 1.54) is 0 Å². The van der Waals surface area contributed by atoms with Gasteiger partial charge in [0.1, 0.15) is 12.2 Å². The first-order chi connectivity index (χ1) is 6.84. The summed E-state index contributed by atoms with van der Waals surface area (Å²) in [7, 11) is 1.10. The fourth-order valence-electron chi connectivity index (χ4n) is 1.33. The van der Waals surface area contributed by atoms with Gasteiger partial charge in [-0.3, -0.25) is 4.79 Å². The molecule has 1 heterocycles. The number of ether oxygens (including phenoxy) is 2. The van der Waals surface area contributed by atoms with Crippen LogP contribution >= 0.6 is 12.6 Å². The number of nitrogens with two attached hydrogens (primary N) is 1. The zero-order valence-electron chi connectivity index (χ0n) is 7.90. The number of thiol groups is 1. The number of hydrogen-bond acceptors (Lipinski definition) is 7. The summed E-state index contributed by atoms with van der Waals surface area (Å²) in [6.07, 6.45) is -4.84. The first-order valence-electron chi connectivity index (χ1n) is 4.11. The molecule has 1 aliphatic heterocycles. The van der Waals surface area contributed by atoms with Crippen molar-refractivity contribution in [3.8, 4) is 0 Å². The smallest absolute Gasteiger partial charge is 0.249 e. The lowest BCUT2D eigenvalue weighted by atomic mass is 9.96. The molecule has 0 bridgehead atoms. The Morgan fingerprint density at radius 2 is 2.13 bits per heavy atom. The SMILES string of the molecule is CO[C@]1(O)[C@H](S)O[C@H](C(N)=O)[C@H](O)[C@@H]1O. The van der Waals surface area contributed by atoms with E-state index >= 15 is 0 Å². The maximum atomic E-state index is 10.8. The maximum absolute atomic E-state index is 10.8. The molecule has 5 N–H and O–H groups in total. The lowest BCUT2D eigenvalue weighted by molar-refractivity contribution is -0.331. The molecule has 0 aliphatic carbocycles. The summed E-state index contributed by atoms with van der Waals surface area (Å²) in [6.45, 7) is 0. The Balaban J connectivity index is 2.93. The van der Waals surface area contributed by atoms with Gasteiger partial charge >= 0.3 is 0 Å². The highest BCUT2D eigenvalue weighted by Gasteiger charge is 2.55. The molecule has 0 aromatic heterocycles. The molecule has 1 fully saturated rings. The van der Waals surface area contributed by atoms with Crippen molar-refractivity contribution in [1.29, 1.82) is 0 Å². The van der Waals surface area contributed by atoms with Crippen LogP contribution in [-0.2, 0) is 14.3 Å². The molecule has 0 aromatic rings. The van der Waals surface area contributed by atoms with Gasteiger partial charge in [-0.2, -0.15) is 0 Å². The van der Waals surface area contributed by atoms with E-state index < -0.39 is 35.4 Å². The van der Waals surface area contributed by atoms with Crippen molar-refractivity contribution < 1.29 is 29.6 Å². The van der Waals surface area contributed by atoms with Crippen molar-refractivity contribution in [2.24, 2.45) is 5.73 Å². The van der Waals surface area contributed by atoms with E-state index in [0.717, 1.165) is 7.11 Å². The highest BCUT2D eigenvalue weighted by atomic mass is 32.1. The molecule has 15 heavy (non-hydrogen) atoms. The van der Waals surface area contributed by atoms with Crippen LogP contribution in [0.15, 0.2) is 0 Å². The number of methoxy groups -OCH3 is 1. The number of primary amides is 1. The number of carbonyl (C=O) groups excluding carboxylic acids is 1. The minimum atomic E-state index is -2.19. The summed E-state index contributed by atoms with van der Waals surface area (Å²) in [4.78, 5) is 10.8. The molecule has 5 atom stereocenters. The summed E-state index contributed by atoms with van der Waals surface area (Å²) in [6, 6.07) is 0. The van der Waals surface area contributed by atoms with Crippen LogP contribution in [0, 0.1) is 0 Å². The molecular formula is C7H13NO6S. The topological polar surface area (TPSA) is 122 Å². The van der Waals surface area contributed by atoms with Crippen LogP contribution in [0.1, 0.15) is 0 Å². The zero-order valence-corrected chi connectivity index (χ0v) is 8.79. The fourth-order valence-corrected chi connectivity index (χ4v) is 1.72. The molecule has 88 valence electrons. The molecule has 0 saturated carbocycles. The lowest BCUT2D eigenvalue weighted by Crippen LogP contribution is -2.67. The molecular weight excluding hydrogens is 226 g/mol. The first-order valence-corrected chi connectivity index (χ1v) is 4.62. The van der Waals surface area contributed by atoms with Crippen molar-refractivity contribution in [1.82, 2.24) is 0 Å². The Bertz CT molecular complexity index is 264. The molecule has 0 unspecified atom stereocenters. The van der Waals surface area contributed by atoms with Crippen molar-refractivity contribution >= 4 is 18.5 Å². The third-order valence-electron chi connectivity index (χ3n) is 2.29. The zero-order chi connectivity index (χ0) is 11.8. The number of rotatable bonds is 2. The molecule has 0 radical (unpaired) electrons. The van der Waals surface area contributed by atoms with Gasteiger partial charge in [-0.15, -0.1) is 12.6 Å². The second-order valence-corrected chi connectivity index (χ2v) is 3.67. The number of aliphatic hydroxyl groups excluding tert-OH is 2. The van der Waals surface area contributed by atoms with Crippen molar-refractivity contribution in [3.63, 3.8) is 0 Å². The minimum absolute atomic E-state index is 0.959. The van der Waals surface area contributed by atoms with Gasteiger partial charge < -0.3 is 30.5 Å². The highest BCUT2D eigenvalue weighted by molar-refractivity contribution is 7.80. The standard InChI is InChI=1S/C7H13NO6S/c1-13-7(12)4(10)2(9)3(5(8)11)14-6(7)15/h2-4,6,9-10,12,15H,1H3,(H2,8,11)/t2-,3-,4-,6-,7-/m0/s1. The van der Waals surface area contributed by atoms with Crippen LogP contribution in [0.4, 0.5) is 0 Å². The summed E-state index contributed by atoms with van der Waals surface area (Å²) < 4.78 is 9.44. The van der Waals surface area contributed by atoms with E-state index in [2.05, 4.69) is 17.4 Å². The van der Waals surface area contributed by atoms with E-state index in [1.54, 1.807) is 0 Å². The third-order valence-corrected chi connectivity index (χ3v) is 2.79. The Labute approximate surface area is 91.2 Å². The van der Waals surface area contributed by atoms with Gasteiger partial charge in [-0.05, 0) is 0 Å². The second kappa shape index (κ2) is 4.24. The summed E-state index contributed by atoms with van der Waals surface area (Å²) in [5.74, 6) is -3.15. The van der Waals surface area contributed by atoms with Gasteiger partial charge in [-0.25, -0.2) is 0 Å². The van der Waals surface area contributed by atoms with Crippen molar-refractivity contribution in [2.75, 3.05) is 7.11 Å². The van der Waals surface area contributed by atoms with Gasteiger partial charge in [0.15, 0.2) is 11.5 Å². The molecule has 0 spiro atoms. The maximum Gasteiger partial charge on any atom is 0.249 e. The van der Waals surface area contributed by atoms with Gasteiger partial charge in [0.25, 0.3) is 0 Å². The van der Waals surface area contributed by atoms with Crippen LogP contribution in [0.2, 0.25) is 0 Å². The predicted molar refractivity (Wildman–Crippen MR) is 50.8 cm³/mol. The highest BCUT2D eigenvalue weighted by Crippen LogP contribution is 2.32. The van der Waals surface area contributed by atoms with Crippen LogP contribution in [0.25, 0.3) is 0 Å². The quantitative estimate of drug-likeness (QED) is 0.262. The number of aliphatic hydroxyl groups is 3. The van der Waals surface area contributed by atoms with Crippen LogP contribution < -0.4 is 5.73 Å². The summed E-state index contributed by atoms with van der Waals surface area (Å²) in [5, 5.41) is 28.7. The first kappa shape index (κ1) is 12.7. The van der Waals surface area contributed by atoms with E-state index in [9.17, 15) is 20.1 Å². The Morgan fingerprint density at radius 3 is 2.53 bits per heavy atom. The Morgan fingerprint density at radius 1 is 1.60 bits per heavy atom. The molecule has 1 saturated heterocycles. The molecule has 1 rings (SSSR count). The van der Waals surface area contributed by atoms with E-state index in [-0.39, 0.29) is 0 Å². The third kappa shape index (κ3) is 1.96. The predicted octanol–water partition coefficient (Wildman–Crippen LogP) is -2.82. The van der Waals surface area contributed by atoms with Crippen molar-refractivity contribution in [3.05, 3.63) is 0 Å². The fraction of sp³-hybridized carbons (Fsp3) is 0.857. The molecule has 8 heteroatoms. The second-order valence-electron chi connectivity index (χ2n) is 3.20. The average Bonchev–Trinajstić information content (AvgIpc) is 2.20. The summed E-state index contributed by atoms with van der Waals surface area (Å²) >= 11 is 3.80. The molecule has 0 aromatic carbocycles. The van der Waals surface area contributed by atoms with E-state index in [0.29, 0.717) is 0 Å². The number of amides is 1. The number of carbonyl (C=O) groups is 1. The summed E-state index contributed by atoms with van der Waals surface area (Å²) in [5.41, 5.74) is 3.63.